The van der Waals surface area contributed by atoms with Crippen LogP contribution < -0.4 is 20.3 Å². The number of thioether (sulfide) groups is 1. The number of anilines is 1. The van der Waals surface area contributed by atoms with E-state index in [2.05, 4.69) is 15.3 Å². The van der Waals surface area contributed by atoms with E-state index in [0.717, 1.165) is 5.56 Å². The van der Waals surface area contributed by atoms with Crippen LogP contribution in [0.2, 0.25) is 0 Å². The number of H-pyrrole nitrogens is 1. The van der Waals surface area contributed by atoms with Crippen molar-refractivity contribution in [2.45, 2.75) is 23.2 Å². The maximum Gasteiger partial charge on any atom is 0.257 e. The molecule has 1 aromatic heterocycles. The van der Waals surface area contributed by atoms with Crippen LogP contribution >= 0.6 is 11.8 Å². The largest absolute Gasteiger partial charge is 0.497 e. The Bertz CT molecular complexity index is 1180. The zero-order valence-electron chi connectivity index (χ0n) is 16.9. The van der Waals surface area contributed by atoms with Crippen molar-refractivity contribution in [3.63, 3.8) is 0 Å². The van der Waals surface area contributed by atoms with E-state index in [1.807, 2.05) is 0 Å². The number of carbonyl (C=O) groups is 1. The summed E-state index contributed by atoms with van der Waals surface area (Å²) >= 11 is 1.30. The molecule has 2 aromatic carbocycles. The quantitative estimate of drug-likeness (QED) is 0.448. The highest BCUT2D eigenvalue weighted by molar-refractivity contribution is 7.98. The average Bonchev–Trinajstić information content (AvgIpc) is 2.77. The molecule has 0 fully saturated rings. The van der Waals surface area contributed by atoms with E-state index in [9.17, 15) is 14.0 Å². The van der Waals surface area contributed by atoms with Gasteiger partial charge in [-0.15, -0.1) is 0 Å². The summed E-state index contributed by atoms with van der Waals surface area (Å²) in [7, 11) is 3.08. The monoisotopic (exact) mass is 441 g/mol. The van der Waals surface area contributed by atoms with Gasteiger partial charge in [0.1, 0.15) is 23.1 Å². The molecule has 0 bridgehead atoms. The van der Waals surface area contributed by atoms with Gasteiger partial charge in [-0.1, -0.05) is 30.0 Å². The van der Waals surface area contributed by atoms with Gasteiger partial charge < -0.3 is 19.8 Å². The molecule has 160 valence electrons. The van der Waals surface area contributed by atoms with Crippen molar-refractivity contribution in [3.8, 4) is 11.5 Å². The normalized spacial score (nSPS) is 15.2. The van der Waals surface area contributed by atoms with Crippen LogP contribution in [-0.4, -0.2) is 30.1 Å². The van der Waals surface area contributed by atoms with Gasteiger partial charge >= 0.3 is 0 Å². The van der Waals surface area contributed by atoms with Gasteiger partial charge in [0.05, 0.1) is 19.8 Å². The number of fused-ring (bicyclic) bond motifs is 1. The third-order valence-corrected chi connectivity index (χ3v) is 5.98. The minimum absolute atomic E-state index is 0.0997. The minimum atomic E-state index is -0.503. The number of benzene rings is 2. The lowest BCUT2D eigenvalue weighted by atomic mass is 9.86. The summed E-state index contributed by atoms with van der Waals surface area (Å²) in [6.07, 6.45) is 0.0997. The average molecular weight is 441 g/mol. The van der Waals surface area contributed by atoms with E-state index in [-0.39, 0.29) is 29.5 Å². The molecule has 2 N–H and O–H groups in total. The molecule has 31 heavy (non-hydrogen) atoms. The molecule has 1 aliphatic rings. The van der Waals surface area contributed by atoms with Gasteiger partial charge in [-0.25, -0.2) is 9.37 Å². The summed E-state index contributed by atoms with van der Waals surface area (Å²) in [6.45, 7) is 0. The predicted molar refractivity (Wildman–Crippen MR) is 115 cm³/mol. The third kappa shape index (κ3) is 4.41. The standard InChI is InChI=1S/C22H20FN3O4S/c1-29-14-7-8-15(17(9-14)30-2)16-10-18(27)24-20-19(16)21(28)26-22(25-20)31-11-12-3-5-13(23)6-4-12/h3-9,16H,10-11H2,1-2H3,(H2,24,25,26,27,28). The predicted octanol–water partition coefficient (Wildman–Crippen LogP) is 3.69. The fourth-order valence-electron chi connectivity index (χ4n) is 3.52. The fraction of sp³-hybridized carbons (Fsp3) is 0.227. The van der Waals surface area contributed by atoms with Crippen molar-refractivity contribution >= 4 is 23.5 Å². The number of amides is 1. The second-order valence-corrected chi connectivity index (χ2v) is 7.93. The highest BCUT2D eigenvalue weighted by atomic mass is 32.2. The van der Waals surface area contributed by atoms with Crippen molar-refractivity contribution < 1.29 is 18.7 Å². The Morgan fingerprint density at radius 3 is 2.61 bits per heavy atom. The number of hydrogen-bond donors (Lipinski definition) is 2. The number of rotatable bonds is 6. The van der Waals surface area contributed by atoms with Crippen LogP contribution in [0, 0.1) is 5.82 Å². The summed E-state index contributed by atoms with van der Waals surface area (Å²) in [5, 5.41) is 3.08. The van der Waals surface area contributed by atoms with Gasteiger partial charge in [0.15, 0.2) is 5.16 Å². The first-order valence-corrected chi connectivity index (χ1v) is 10.5. The van der Waals surface area contributed by atoms with E-state index in [1.54, 1.807) is 37.4 Å². The molecule has 0 saturated heterocycles. The number of halogens is 1. The van der Waals surface area contributed by atoms with E-state index >= 15 is 0 Å². The van der Waals surface area contributed by atoms with Crippen molar-refractivity contribution in [1.29, 1.82) is 0 Å². The second kappa shape index (κ2) is 8.81. The molecule has 1 atom stereocenters. The number of carbonyl (C=O) groups excluding carboxylic acids is 1. The Kier molecular flexibility index (Phi) is 5.94. The van der Waals surface area contributed by atoms with Crippen LogP contribution in [0.15, 0.2) is 52.4 Å². The zero-order chi connectivity index (χ0) is 22.0. The highest BCUT2D eigenvalue weighted by Crippen LogP contribution is 2.40. The van der Waals surface area contributed by atoms with Crippen molar-refractivity contribution in [2.24, 2.45) is 0 Å². The van der Waals surface area contributed by atoms with Crippen LogP contribution in [0.3, 0.4) is 0 Å². The SMILES string of the molecule is COc1ccc(C2CC(=O)Nc3nc(SCc4ccc(F)cc4)[nH]c(=O)c32)c(OC)c1. The van der Waals surface area contributed by atoms with Crippen LogP contribution in [0.5, 0.6) is 11.5 Å². The third-order valence-electron chi connectivity index (χ3n) is 5.03. The Balaban J connectivity index is 1.67. The van der Waals surface area contributed by atoms with E-state index < -0.39 is 5.92 Å². The van der Waals surface area contributed by atoms with Gasteiger partial charge in [-0.3, -0.25) is 9.59 Å². The van der Waals surface area contributed by atoms with Crippen molar-refractivity contribution in [3.05, 3.63) is 75.3 Å². The molecule has 1 amide bonds. The molecule has 3 aromatic rings. The lowest BCUT2D eigenvalue weighted by Gasteiger charge is -2.26. The number of aromatic nitrogens is 2. The molecular formula is C22H20FN3O4S. The van der Waals surface area contributed by atoms with E-state index in [1.165, 1.54) is 31.0 Å². The summed E-state index contributed by atoms with van der Waals surface area (Å²) < 4.78 is 23.8. The summed E-state index contributed by atoms with van der Waals surface area (Å²) in [5.41, 5.74) is 1.65. The molecule has 0 radical (unpaired) electrons. The van der Waals surface area contributed by atoms with E-state index in [4.69, 9.17) is 9.47 Å². The molecule has 1 aliphatic heterocycles. The number of ether oxygens (including phenoxy) is 2. The van der Waals surface area contributed by atoms with Crippen molar-refractivity contribution in [2.75, 3.05) is 19.5 Å². The Labute approximate surface area is 182 Å². The van der Waals surface area contributed by atoms with Gasteiger partial charge in [0, 0.05) is 29.7 Å². The van der Waals surface area contributed by atoms with Gasteiger partial charge in [0.2, 0.25) is 5.91 Å². The number of methoxy groups -OCH3 is 2. The molecule has 9 heteroatoms. The molecular weight excluding hydrogens is 421 g/mol. The summed E-state index contributed by atoms with van der Waals surface area (Å²) in [5.74, 6) is 0.826. The zero-order valence-corrected chi connectivity index (χ0v) is 17.7. The molecule has 2 heterocycles. The van der Waals surface area contributed by atoms with Crippen LogP contribution in [-0.2, 0) is 10.5 Å². The number of aromatic amines is 1. The highest BCUT2D eigenvalue weighted by Gasteiger charge is 2.32. The first-order valence-electron chi connectivity index (χ1n) is 9.51. The molecule has 7 nitrogen and oxygen atoms in total. The Hall–Kier alpha value is -3.33. The van der Waals surface area contributed by atoms with Gasteiger partial charge in [-0.05, 0) is 23.8 Å². The van der Waals surface area contributed by atoms with Crippen LogP contribution in [0.4, 0.5) is 10.2 Å². The fourth-order valence-corrected chi connectivity index (χ4v) is 4.34. The van der Waals surface area contributed by atoms with Gasteiger partial charge in [0.25, 0.3) is 5.56 Å². The molecule has 1 unspecified atom stereocenters. The molecule has 4 rings (SSSR count). The smallest absolute Gasteiger partial charge is 0.257 e. The van der Waals surface area contributed by atoms with Gasteiger partial charge in [-0.2, -0.15) is 0 Å². The first-order chi connectivity index (χ1) is 15.0. The second-order valence-electron chi connectivity index (χ2n) is 6.96. The minimum Gasteiger partial charge on any atom is -0.497 e. The Morgan fingerprint density at radius 1 is 1.13 bits per heavy atom. The van der Waals surface area contributed by atoms with E-state index in [0.29, 0.717) is 33.5 Å². The lowest BCUT2D eigenvalue weighted by molar-refractivity contribution is -0.116. The maximum atomic E-state index is 13.1. The summed E-state index contributed by atoms with van der Waals surface area (Å²) in [4.78, 5) is 32.6. The summed E-state index contributed by atoms with van der Waals surface area (Å²) in [6, 6.07) is 11.4. The number of hydrogen-bond acceptors (Lipinski definition) is 6. The molecule has 0 aliphatic carbocycles. The maximum absolute atomic E-state index is 13.1. The number of nitrogens with zero attached hydrogens (tertiary/aromatic N) is 1. The Morgan fingerprint density at radius 2 is 1.90 bits per heavy atom. The van der Waals surface area contributed by atoms with Crippen LogP contribution in [0.1, 0.15) is 29.0 Å². The molecule has 0 spiro atoms. The van der Waals surface area contributed by atoms with Crippen molar-refractivity contribution in [1.82, 2.24) is 9.97 Å². The van der Waals surface area contributed by atoms with Crippen LogP contribution in [0.25, 0.3) is 0 Å². The first kappa shape index (κ1) is 20.9. The molecule has 0 saturated carbocycles. The number of nitrogens with one attached hydrogen (secondary N) is 2. The lowest BCUT2D eigenvalue weighted by Crippen LogP contribution is -2.31. The topological polar surface area (TPSA) is 93.3 Å².